The van der Waals surface area contributed by atoms with Gasteiger partial charge in [0.05, 0.1) is 11.5 Å². The molecule has 0 aliphatic rings. The van der Waals surface area contributed by atoms with Gasteiger partial charge in [-0.15, -0.1) is 11.3 Å². The molecule has 2 heterocycles. The van der Waals surface area contributed by atoms with Gasteiger partial charge < -0.3 is 9.84 Å². The van der Waals surface area contributed by atoms with Crippen molar-refractivity contribution in [3.63, 3.8) is 0 Å². The lowest BCUT2D eigenvalue weighted by Crippen LogP contribution is -2.23. The Bertz CT molecular complexity index is 1020. The van der Waals surface area contributed by atoms with E-state index in [-0.39, 0.29) is 11.4 Å². The largest absolute Gasteiger partial charge is 0.493 e. The molecule has 0 spiro atoms. The Morgan fingerprint density at radius 2 is 1.89 bits per heavy atom. The lowest BCUT2D eigenvalue weighted by Gasteiger charge is -2.13. The molecule has 0 aliphatic heterocycles. The average molecular weight is 438 g/mol. The lowest BCUT2D eigenvalue weighted by molar-refractivity contribution is 0.224. The number of aliphatic hydroxyl groups excluding tert-OH is 1. The van der Waals surface area contributed by atoms with Gasteiger partial charge in [0.15, 0.2) is 0 Å². The third-order valence-electron chi connectivity index (χ3n) is 4.28. The molecule has 3 aromatic rings. The molecule has 0 unspecified atom stereocenters. The third-order valence-corrected chi connectivity index (χ3v) is 7.50. The minimum absolute atomic E-state index is 0.175. The van der Waals surface area contributed by atoms with E-state index in [1.54, 1.807) is 12.1 Å². The fourth-order valence-corrected chi connectivity index (χ4v) is 5.83. The standard InChI is InChI=1S/C20H23NO4S3/c1-4-25-20-13(2)9-17(10-14(20)3)28(23,24)21-11-16-5-6-18(27-16)19(22)15-7-8-26-12-15/h5-10,12,19,21-22H,4,11H2,1-3H3/t19-/m1/s1. The SMILES string of the molecule is CCOc1c(C)cc(S(=O)(=O)NCc2ccc([C@H](O)c3ccsc3)s2)cc1C. The molecule has 1 atom stereocenters. The molecule has 0 amide bonds. The molecule has 0 fully saturated rings. The summed E-state index contributed by atoms with van der Waals surface area (Å²) in [5.74, 6) is 0.728. The second-order valence-electron chi connectivity index (χ2n) is 6.41. The zero-order valence-electron chi connectivity index (χ0n) is 15.9. The molecule has 28 heavy (non-hydrogen) atoms. The maximum absolute atomic E-state index is 12.7. The summed E-state index contributed by atoms with van der Waals surface area (Å²) in [6.07, 6.45) is -0.682. The maximum atomic E-state index is 12.7. The molecular weight excluding hydrogens is 414 g/mol. The number of ether oxygens (including phenoxy) is 1. The molecule has 150 valence electrons. The monoisotopic (exact) mass is 437 g/mol. The molecule has 0 saturated heterocycles. The van der Waals surface area contributed by atoms with Gasteiger partial charge >= 0.3 is 0 Å². The first-order chi connectivity index (χ1) is 13.3. The minimum Gasteiger partial charge on any atom is -0.493 e. The quantitative estimate of drug-likeness (QED) is 0.548. The Kier molecular flexibility index (Phi) is 6.57. The first-order valence-electron chi connectivity index (χ1n) is 8.84. The first kappa shape index (κ1) is 21.0. The minimum atomic E-state index is -3.65. The van der Waals surface area contributed by atoms with E-state index in [0.29, 0.717) is 6.61 Å². The highest BCUT2D eigenvalue weighted by Crippen LogP contribution is 2.30. The van der Waals surface area contributed by atoms with Crippen LogP contribution < -0.4 is 9.46 Å². The number of aryl methyl sites for hydroxylation is 2. The van der Waals surface area contributed by atoms with Crippen LogP contribution in [0.2, 0.25) is 0 Å². The Balaban J connectivity index is 1.72. The summed E-state index contributed by atoms with van der Waals surface area (Å²) in [7, 11) is -3.65. The lowest BCUT2D eigenvalue weighted by atomic mass is 10.1. The molecule has 2 N–H and O–H groups in total. The number of hydrogen-bond donors (Lipinski definition) is 2. The van der Waals surface area contributed by atoms with E-state index in [1.807, 2.05) is 49.7 Å². The van der Waals surface area contributed by atoms with Gasteiger partial charge in [0, 0.05) is 16.3 Å². The average Bonchev–Trinajstić information content (AvgIpc) is 3.34. The summed E-state index contributed by atoms with van der Waals surface area (Å²) >= 11 is 2.93. The summed E-state index contributed by atoms with van der Waals surface area (Å²) in [5, 5.41) is 14.2. The van der Waals surface area contributed by atoms with Gasteiger partial charge in [-0.3, -0.25) is 0 Å². The van der Waals surface area contributed by atoms with Gasteiger partial charge in [-0.05, 0) is 78.6 Å². The van der Waals surface area contributed by atoms with Gasteiger partial charge in [0.1, 0.15) is 11.9 Å². The van der Waals surface area contributed by atoms with Crippen LogP contribution in [0, 0.1) is 13.8 Å². The topological polar surface area (TPSA) is 75.6 Å². The van der Waals surface area contributed by atoms with Crippen molar-refractivity contribution in [1.29, 1.82) is 0 Å². The highest BCUT2D eigenvalue weighted by atomic mass is 32.2. The molecular formula is C20H23NO4S3. The Morgan fingerprint density at radius 3 is 2.50 bits per heavy atom. The van der Waals surface area contributed by atoms with E-state index in [9.17, 15) is 13.5 Å². The molecule has 0 radical (unpaired) electrons. The number of benzene rings is 1. The van der Waals surface area contributed by atoms with Crippen molar-refractivity contribution < 1.29 is 18.3 Å². The predicted octanol–water partition coefficient (Wildman–Crippen LogP) is 4.39. The van der Waals surface area contributed by atoms with Crippen LogP contribution >= 0.6 is 22.7 Å². The first-order valence-corrected chi connectivity index (χ1v) is 12.1. The normalized spacial score (nSPS) is 12.9. The van der Waals surface area contributed by atoms with Gasteiger partial charge in [-0.25, -0.2) is 13.1 Å². The summed E-state index contributed by atoms with van der Waals surface area (Å²) in [5.41, 5.74) is 2.43. The van der Waals surface area contributed by atoms with Gasteiger partial charge in [0.2, 0.25) is 10.0 Å². The Morgan fingerprint density at radius 1 is 1.18 bits per heavy atom. The summed E-state index contributed by atoms with van der Waals surface area (Å²) in [6, 6.07) is 8.81. The zero-order valence-corrected chi connectivity index (χ0v) is 18.4. The number of sulfonamides is 1. The summed E-state index contributed by atoms with van der Waals surface area (Å²) in [6.45, 7) is 6.29. The van der Waals surface area contributed by atoms with E-state index in [2.05, 4.69) is 4.72 Å². The molecule has 8 heteroatoms. The van der Waals surface area contributed by atoms with Crippen LogP contribution in [0.3, 0.4) is 0 Å². The number of hydrogen-bond acceptors (Lipinski definition) is 6. The highest BCUT2D eigenvalue weighted by Gasteiger charge is 2.19. The molecule has 1 aromatic carbocycles. The van der Waals surface area contributed by atoms with Crippen LogP contribution in [-0.4, -0.2) is 20.1 Å². The maximum Gasteiger partial charge on any atom is 0.240 e. The number of aliphatic hydroxyl groups is 1. The Labute approximate surface area is 173 Å². The van der Waals surface area contributed by atoms with Crippen LogP contribution in [0.5, 0.6) is 5.75 Å². The van der Waals surface area contributed by atoms with Gasteiger partial charge in [-0.1, -0.05) is 0 Å². The van der Waals surface area contributed by atoms with Crippen molar-refractivity contribution in [2.75, 3.05) is 6.61 Å². The fraction of sp³-hybridized carbons (Fsp3) is 0.300. The summed E-state index contributed by atoms with van der Waals surface area (Å²) < 4.78 is 33.7. The van der Waals surface area contributed by atoms with Gasteiger partial charge in [0.25, 0.3) is 0 Å². The second kappa shape index (κ2) is 8.75. The predicted molar refractivity (Wildman–Crippen MR) is 114 cm³/mol. The van der Waals surface area contributed by atoms with Crippen LogP contribution in [0.25, 0.3) is 0 Å². The molecule has 0 bridgehead atoms. The van der Waals surface area contributed by atoms with Crippen molar-refractivity contribution in [2.24, 2.45) is 0 Å². The molecule has 5 nitrogen and oxygen atoms in total. The van der Waals surface area contributed by atoms with E-state index >= 15 is 0 Å². The van der Waals surface area contributed by atoms with E-state index in [0.717, 1.165) is 32.2 Å². The smallest absolute Gasteiger partial charge is 0.240 e. The van der Waals surface area contributed by atoms with Crippen molar-refractivity contribution >= 4 is 32.7 Å². The molecule has 2 aromatic heterocycles. The van der Waals surface area contributed by atoms with Crippen molar-refractivity contribution in [2.45, 2.75) is 38.3 Å². The van der Waals surface area contributed by atoms with E-state index in [4.69, 9.17) is 4.74 Å². The van der Waals surface area contributed by atoms with Crippen LogP contribution in [0.4, 0.5) is 0 Å². The molecule has 0 saturated carbocycles. The number of thiophene rings is 2. The van der Waals surface area contributed by atoms with Crippen LogP contribution in [-0.2, 0) is 16.6 Å². The molecule has 3 rings (SSSR count). The van der Waals surface area contributed by atoms with Crippen molar-refractivity contribution in [3.05, 3.63) is 67.5 Å². The molecule has 0 aliphatic carbocycles. The number of rotatable bonds is 8. The van der Waals surface area contributed by atoms with Crippen LogP contribution in [0.1, 0.15) is 39.5 Å². The van der Waals surface area contributed by atoms with E-state index in [1.165, 1.54) is 22.7 Å². The van der Waals surface area contributed by atoms with E-state index < -0.39 is 16.1 Å². The third kappa shape index (κ3) is 4.64. The fourth-order valence-electron chi connectivity index (χ4n) is 2.92. The Hall–Kier alpha value is -1.71. The summed E-state index contributed by atoms with van der Waals surface area (Å²) in [4.78, 5) is 1.86. The van der Waals surface area contributed by atoms with Crippen LogP contribution in [0.15, 0.2) is 46.0 Å². The number of nitrogens with one attached hydrogen (secondary N) is 1. The zero-order chi connectivity index (χ0) is 20.3. The van der Waals surface area contributed by atoms with Crippen molar-refractivity contribution in [1.82, 2.24) is 4.72 Å². The highest BCUT2D eigenvalue weighted by molar-refractivity contribution is 7.89. The van der Waals surface area contributed by atoms with Gasteiger partial charge in [-0.2, -0.15) is 11.3 Å². The van der Waals surface area contributed by atoms with Crippen molar-refractivity contribution in [3.8, 4) is 5.75 Å². The second-order valence-corrected chi connectivity index (χ2v) is 10.2.